The van der Waals surface area contributed by atoms with Gasteiger partial charge in [0.05, 0.1) is 17.4 Å². The van der Waals surface area contributed by atoms with E-state index >= 15 is 0 Å². The zero-order chi connectivity index (χ0) is 15.7. The number of anilines is 2. The summed E-state index contributed by atoms with van der Waals surface area (Å²) in [5.41, 5.74) is 2.13. The van der Waals surface area contributed by atoms with Crippen LogP contribution in [0.15, 0.2) is 36.7 Å². The van der Waals surface area contributed by atoms with Crippen molar-refractivity contribution in [2.45, 2.75) is 6.92 Å². The summed E-state index contributed by atoms with van der Waals surface area (Å²) in [5, 5.41) is 8.76. The molecule has 1 aliphatic heterocycles. The number of pyridine rings is 1. The Hall–Kier alpha value is -2.94. The van der Waals surface area contributed by atoms with Crippen LogP contribution in [0.4, 0.5) is 20.6 Å². The summed E-state index contributed by atoms with van der Waals surface area (Å²) in [6, 6.07) is 7.57. The molecule has 6 heteroatoms. The monoisotopic (exact) mass is 296 g/mol. The van der Waals surface area contributed by atoms with Crippen molar-refractivity contribution < 1.29 is 9.18 Å². The van der Waals surface area contributed by atoms with Crippen LogP contribution in [0.1, 0.15) is 11.1 Å². The molecular formula is C16H13FN4O. The van der Waals surface area contributed by atoms with Gasteiger partial charge in [0.25, 0.3) is 0 Å². The highest BCUT2D eigenvalue weighted by molar-refractivity contribution is 6.06. The maximum Gasteiger partial charge on any atom is 0.329 e. The molecule has 0 aliphatic carbocycles. The smallest absolute Gasteiger partial charge is 0.292 e. The summed E-state index contributed by atoms with van der Waals surface area (Å²) in [5.74, 6) is -0.621. The van der Waals surface area contributed by atoms with E-state index in [1.54, 1.807) is 29.4 Å². The number of aryl methyl sites for hydroxylation is 1. The van der Waals surface area contributed by atoms with Gasteiger partial charge in [-0.25, -0.2) is 9.18 Å². The lowest BCUT2D eigenvalue weighted by molar-refractivity contribution is 0.256. The van der Waals surface area contributed by atoms with Crippen LogP contribution < -0.4 is 9.80 Å². The number of carbonyl (C=O) groups is 1. The van der Waals surface area contributed by atoms with Crippen molar-refractivity contribution in [2.75, 3.05) is 22.9 Å². The zero-order valence-electron chi connectivity index (χ0n) is 12.0. The van der Waals surface area contributed by atoms with Crippen molar-refractivity contribution in [2.24, 2.45) is 0 Å². The largest absolute Gasteiger partial charge is 0.329 e. The molecule has 0 unspecified atom stereocenters. The van der Waals surface area contributed by atoms with Gasteiger partial charge in [0.1, 0.15) is 11.9 Å². The lowest BCUT2D eigenvalue weighted by Gasteiger charge is -2.20. The molecule has 0 saturated carbocycles. The quantitative estimate of drug-likeness (QED) is 0.856. The third-order valence-corrected chi connectivity index (χ3v) is 3.70. The third kappa shape index (κ3) is 2.27. The zero-order valence-corrected chi connectivity index (χ0v) is 12.0. The maximum absolute atomic E-state index is 13.7. The highest BCUT2D eigenvalue weighted by Gasteiger charge is 2.31. The van der Waals surface area contributed by atoms with E-state index < -0.39 is 5.82 Å². The molecule has 5 nitrogen and oxygen atoms in total. The van der Waals surface area contributed by atoms with Gasteiger partial charge < -0.3 is 0 Å². The minimum absolute atomic E-state index is 0.0321. The Morgan fingerprint density at radius 1 is 1.27 bits per heavy atom. The molecule has 1 fully saturated rings. The first-order valence-electron chi connectivity index (χ1n) is 6.81. The van der Waals surface area contributed by atoms with Crippen LogP contribution >= 0.6 is 0 Å². The number of rotatable bonds is 2. The summed E-state index contributed by atoms with van der Waals surface area (Å²) in [7, 11) is 0. The van der Waals surface area contributed by atoms with Crippen LogP contribution in [0.25, 0.3) is 0 Å². The molecule has 0 atom stereocenters. The van der Waals surface area contributed by atoms with Gasteiger partial charge in [-0.3, -0.25) is 14.8 Å². The number of benzene rings is 1. The van der Waals surface area contributed by atoms with Gasteiger partial charge in [-0.2, -0.15) is 5.26 Å². The van der Waals surface area contributed by atoms with E-state index in [1.165, 1.54) is 17.0 Å². The van der Waals surface area contributed by atoms with Crippen molar-refractivity contribution >= 4 is 17.4 Å². The average Bonchev–Trinajstić information content (AvgIpc) is 2.89. The number of aromatic nitrogens is 1. The predicted molar refractivity (Wildman–Crippen MR) is 80.2 cm³/mol. The van der Waals surface area contributed by atoms with Crippen molar-refractivity contribution in [3.63, 3.8) is 0 Å². The Balaban J connectivity index is 1.90. The van der Waals surface area contributed by atoms with Crippen molar-refractivity contribution in [1.82, 2.24) is 4.98 Å². The van der Waals surface area contributed by atoms with E-state index in [9.17, 15) is 9.18 Å². The van der Waals surface area contributed by atoms with Crippen LogP contribution in [0, 0.1) is 24.1 Å². The Morgan fingerprint density at radius 3 is 2.73 bits per heavy atom. The molecule has 2 amide bonds. The summed E-state index contributed by atoms with van der Waals surface area (Å²) >= 11 is 0. The molecule has 1 aliphatic rings. The van der Waals surface area contributed by atoms with E-state index in [4.69, 9.17) is 5.26 Å². The number of urea groups is 1. The Kier molecular flexibility index (Phi) is 3.47. The number of hydrogen-bond acceptors (Lipinski definition) is 3. The molecule has 2 heterocycles. The summed E-state index contributed by atoms with van der Waals surface area (Å²) < 4.78 is 13.7. The van der Waals surface area contributed by atoms with Gasteiger partial charge in [-0.15, -0.1) is 0 Å². The van der Waals surface area contributed by atoms with E-state index in [1.807, 2.05) is 13.0 Å². The second kappa shape index (κ2) is 5.45. The molecule has 1 aromatic heterocycles. The first-order valence-corrected chi connectivity index (χ1v) is 6.81. The molecule has 3 rings (SSSR count). The number of amides is 2. The molecule has 0 radical (unpaired) electrons. The highest BCUT2D eigenvalue weighted by atomic mass is 19.1. The molecule has 1 aromatic carbocycles. The van der Waals surface area contributed by atoms with Crippen LogP contribution in [0.2, 0.25) is 0 Å². The second-order valence-electron chi connectivity index (χ2n) is 5.02. The second-order valence-corrected chi connectivity index (χ2v) is 5.02. The number of nitrogens with zero attached hydrogens (tertiary/aromatic N) is 4. The van der Waals surface area contributed by atoms with E-state index in [2.05, 4.69) is 4.98 Å². The van der Waals surface area contributed by atoms with Crippen LogP contribution in [0.5, 0.6) is 0 Å². The molecule has 0 spiro atoms. The SMILES string of the molecule is Cc1ccncc1N1CCN(c2ccc(C#N)c(F)c2)C1=O. The molecule has 110 valence electrons. The van der Waals surface area contributed by atoms with Gasteiger partial charge in [0, 0.05) is 25.0 Å². The van der Waals surface area contributed by atoms with Gasteiger partial charge in [-0.1, -0.05) is 0 Å². The lowest BCUT2D eigenvalue weighted by atomic mass is 10.2. The summed E-state index contributed by atoms with van der Waals surface area (Å²) in [4.78, 5) is 19.7. The van der Waals surface area contributed by atoms with E-state index in [0.29, 0.717) is 18.8 Å². The summed E-state index contributed by atoms with van der Waals surface area (Å²) in [6.45, 7) is 2.87. The molecular weight excluding hydrogens is 283 g/mol. The van der Waals surface area contributed by atoms with Gasteiger partial charge in [0.15, 0.2) is 0 Å². The highest BCUT2D eigenvalue weighted by Crippen LogP contribution is 2.27. The third-order valence-electron chi connectivity index (χ3n) is 3.70. The van der Waals surface area contributed by atoms with E-state index in [0.717, 1.165) is 11.3 Å². The Morgan fingerprint density at radius 2 is 2.05 bits per heavy atom. The first-order chi connectivity index (χ1) is 10.6. The number of carbonyl (C=O) groups excluding carboxylic acids is 1. The standard InChI is InChI=1S/C16H13FN4O/c1-11-4-5-19-10-15(11)21-7-6-20(16(21)22)13-3-2-12(9-18)14(17)8-13/h2-5,8,10H,6-7H2,1H3. The maximum atomic E-state index is 13.7. The molecule has 22 heavy (non-hydrogen) atoms. The Bertz CT molecular complexity index is 784. The summed E-state index contributed by atoms with van der Waals surface area (Å²) in [6.07, 6.45) is 3.32. The van der Waals surface area contributed by atoms with Crippen LogP contribution in [0.3, 0.4) is 0 Å². The van der Waals surface area contributed by atoms with Crippen LogP contribution in [-0.4, -0.2) is 24.1 Å². The van der Waals surface area contributed by atoms with Crippen molar-refractivity contribution in [1.29, 1.82) is 5.26 Å². The van der Waals surface area contributed by atoms with Gasteiger partial charge >= 0.3 is 6.03 Å². The van der Waals surface area contributed by atoms with Crippen LogP contribution in [-0.2, 0) is 0 Å². The Labute approximate surface area is 127 Å². The molecule has 2 aromatic rings. The predicted octanol–water partition coefficient (Wildman–Crippen LogP) is 2.85. The fourth-order valence-corrected chi connectivity index (χ4v) is 2.50. The minimum Gasteiger partial charge on any atom is -0.292 e. The number of halogens is 1. The van der Waals surface area contributed by atoms with Crippen molar-refractivity contribution in [3.05, 3.63) is 53.6 Å². The molecule has 0 bridgehead atoms. The first kappa shape index (κ1) is 14.0. The fourth-order valence-electron chi connectivity index (χ4n) is 2.50. The normalized spacial score (nSPS) is 14.3. The molecule has 0 N–H and O–H groups in total. The fraction of sp³-hybridized carbons (Fsp3) is 0.188. The molecule has 1 saturated heterocycles. The lowest BCUT2D eigenvalue weighted by Crippen LogP contribution is -2.32. The van der Waals surface area contributed by atoms with E-state index in [-0.39, 0.29) is 11.6 Å². The topological polar surface area (TPSA) is 60.2 Å². The van der Waals surface area contributed by atoms with Gasteiger partial charge in [0.2, 0.25) is 0 Å². The number of nitriles is 1. The van der Waals surface area contributed by atoms with Gasteiger partial charge in [-0.05, 0) is 36.8 Å². The minimum atomic E-state index is -0.621. The number of hydrogen-bond donors (Lipinski definition) is 0. The van der Waals surface area contributed by atoms with Crippen molar-refractivity contribution in [3.8, 4) is 6.07 Å². The average molecular weight is 296 g/mol.